The lowest BCUT2D eigenvalue weighted by atomic mass is 10.3. The Morgan fingerprint density at radius 3 is 2.45 bits per heavy atom. The summed E-state index contributed by atoms with van der Waals surface area (Å²) < 4.78 is 0. The lowest BCUT2D eigenvalue weighted by Gasteiger charge is -1.98. The van der Waals surface area contributed by atoms with Crippen LogP contribution in [0.15, 0.2) is 34.4 Å². The first kappa shape index (κ1) is 8.03. The Balaban J connectivity index is 2.74. The molecule has 0 amide bonds. The van der Waals surface area contributed by atoms with E-state index in [0.717, 1.165) is 10.6 Å². The van der Waals surface area contributed by atoms with Crippen LogP contribution in [-0.4, -0.2) is 0 Å². The number of nitrogens with one attached hydrogen (secondary N) is 2. The van der Waals surface area contributed by atoms with Gasteiger partial charge in [-0.25, -0.2) is 0 Å². The molecule has 0 spiro atoms. The molecule has 0 saturated heterocycles. The Morgan fingerprint density at radius 1 is 1.36 bits per heavy atom. The molecule has 0 saturated carbocycles. The second-order valence-electron chi connectivity index (χ2n) is 1.87. The molecule has 4 nitrogen and oxygen atoms in total. The molecule has 0 bridgehead atoms. The first-order valence-electron chi connectivity index (χ1n) is 2.96. The number of anilines is 1. The van der Waals surface area contributed by atoms with E-state index in [9.17, 15) is 0 Å². The van der Waals surface area contributed by atoms with Crippen molar-refractivity contribution in [3.8, 4) is 0 Å². The monoisotopic (exact) mass is 168 g/mol. The number of nitrogens with zero attached hydrogens (tertiary/aromatic N) is 1. The summed E-state index contributed by atoms with van der Waals surface area (Å²) in [6, 6.07) is 7.34. The van der Waals surface area contributed by atoms with Gasteiger partial charge >= 0.3 is 0 Å². The van der Waals surface area contributed by atoms with E-state index in [4.69, 9.17) is 10.7 Å². The fourth-order valence-electron chi connectivity index (χ4n) is 0.673. The minimum absolute atomic E-state index is 0.790. The first-order valence-corrected chi connectivity index (χ1v) is 3.84. The number of hydrogen-bond acceptors (Lipinski definition) is 4. The molecule has 5 heteroatoms. The highest BCUT2D eigenvalue weighted by atomic mass is 32.2. The molecule has 58 valence electrons. The average Bonchev–Trinajstić information content (AvgIpc) is 2.07. The third-order valence-corrected chi connectivity index (χ3v) is 1.72. The highest BCUT2D eigenvalue weighted by Gasteiger charge is 1.90. The van der Waals surface area contributed by atoms with E-state index >= 15 is 0 Å². The summed E-state index contributed by atoms with van der Waals surface area (Å²) in [4.78, 5) is 0.987. The molecule has 4 N–H and O–H groups in total. The van der Waals surface area contributed by atoms with Crippen molar-refractivity contribution in [1.29, 1.82) is 5.53 Å². The fourth-order valence-corrected chi connectivity index (χ4v) is 0.966. The van der Waals surface area contributed by atoms with Crippen LogP contribution >= 0.6 is 11.9 Å². The zero-order valence-electron chi connectivity index (χ0n) is 5.74. The number of hydrogen-bond donors (Lipinski definition) is 3. The molecule has 0 atom stereocenters. The molecule has 0 heterocycles. The van der Waals surface area contributed by atoms with Gasteiger partial charge in [-0.3, -0.25) is 10.6 Å². The molecule has 0 fully saturated rings. The second-order valence-corrected chi connectivity index (χ2v) is 2.57. The minimum atomic E-state index is 0.790. The van der Waals surface area contributed by atoms with Crippen molar-refractivity contribution in [2.45, 2.75) is 4.90 Å². The summed E-state index contributed by atoms with van der Waals surface area (Å²) in [6.07, 6.45) is 0. The van der Waals surface area contributed by atoms with Gasteiger partial charge in [-0.05, 0) is 36.2 Å². The molecular weight excluding hydrogens is 160 g/mol. The lowest BCUT2D eigenvalue weighted by Crippen LogP contribution is -1.85. The van der Waals surface area contributed by atoms with E-state index in [1.807, 2.05) is 24.3 Å². The van der Waals surface area contributed by atoms with Crippen molar-refractivity contribution >= 4 is 17.6 Å². The highest BCUT2D eigenvalue weighted by molar-refractivity contribution is 7.97. The standard InChI is InChI=1S/C6H8N4S/c7-10-9-5-1-3-6(11-8)4-2-5/h1-4H,8H2,(H2,7,9). The molecule has 0 unspecified atom stereocenters. The molecule has 0 aliphatic carbocycles. The highest BCUT2D eigenvalue weighted by Crippen LogP contribution is 2.15. The SMILES string of the molecule is N=NNc1ccc(SN)cc1. The van der Waals surface area contributed by atoms with E-state index < -0.39 is 0 Å². The smallest absolute Gasteiger partial charge is 0.0579 e. The van der Waals surface area contributed by atoms with Crippen LogP contribution in [0.2, 0.25) is 0 Å². The van der Waals surface area contributed by atoms with Crippen LogP contribution in [0.1, 0.15) is 0 Å². The van der Waals surface area contributed by atoms with Crippen LogP contribution in [0, 0.1) is 5.53 Å². The molecule has 11 heavy (non-hydrogen) atoms. The summed E-state index contributed by atoms with van der Waals surface area (Å²) in [5, 5.41) is 8.33. The van der Waals surface area contributed by atoms with Gasteiger partial charge in [0, 0.05) is 4.90 Å². The summed E-state index contributed by atoms with van der Waals surface area (Å²) in [7, 11) is 0. The zero-order chi connectivity index (χ0) is 8.10. The van der Waals surface area contributed by atoms with Gasteiger partial charge in [0.2, 0.25) is 0 Å². The summed E-state index contributed by atoms with van der Waals surface area (Å²) in [5.41, 5.74) is 9.81. The predicted molar refractivity (Wildman–Crippen MR) is 45.3 cm³/mol. The van der Waals surface area contributed by atoms with Gasteiger partial charge in [-0.1, -0.05) is 5.22 Å². The fraction of sp³-hybridized carbons (Fsp3) is 0. The van der Waals surface area contributed by atoms with Gasteiger partial charge in [-0.15, -0.1) is 0 Å². The van der Waals surface area contributed by atoms with Gasteiger partial charge in [0.15, 0.2) is 0 Å². The van der Waals surface area contributed by atoms with Crippen LogP contribution in [0.5, 0.6) is 0 Å². The first-order chi connectivity index (χ1) is 5.36. The van der Waals surface area contributed by atoms with Gasteiger partial charge in [-0.2, -0.15) is 5.53 Å². The summed E-state index contributed by atoms with van der Waals surface area (Å²) >= 11 is 1.19. The number of nitrogens with two attached hydrogens (primary N) is 1. The maximum atomic E-state index is 6.52. The largest absolute Gasteiger partial charge is 0.274 e. The molecule has 1 aromatic carbocycles. The van der Waals surface area contributed by atoms with Crippen LogP contribution in [-0.2, 0) is 0 Å². The molecule has 0 radical (unpaired) electrons. The minimum Gasteiger partial charge on any atom is -0.274 e. The Hall–Kier alpha value is -1.07. The van der Waals surface area contributed by atoms with E-state index in [1.54, 1.807) is 0 Å². The Kier molecular flexibility index (Phi) is 2.88. The van der Waals surface area contributed by atoms with Crippen molar-refractivity contribution in [3.63, 3.8) is 0 Å². The molecular formula is C6H8N4S. The maximum Gasteiger partial charge on any atom is 0.0579 e. The lowest BCUT2D eigenvalue weighted by molar-refractivity contribution is 1.05. The van der Waals surface area contributed by atoms with Crippen LogP contribution in [0.4, 0.5) is 5.69 Å². The quantitative estimate of drug-likeness (QED) is 0.367. The van der Waals surface area contributed by atoms with Gasteiger partial charge in [0.25, 0.3) is 0 Å². The van der Waals surface area contributed by atoms with Gasteiger partial charge in [0.05, 0.1) is 5.69 Å². The Morgan fingerprint density at radius 2 is 2.00 bits per heavy atom. The van der Waals surface area contributed by atoms with Crippen molar-refractivity contribution in [1.82, 2.24) is 0 Å². The van der Waals surface area contributed by atoms with Crippen molar-refractivity contribution in [3.05, 3.63) is 24.3 Å². The predicted octanol–water partition coefficient (Wildman–Crippen LogP) is 2.01. The van der Waals surface area contributed by atoms with Crippen molar-refractivity contribution < 1.29 is 0 Å². The summed E-state index contributed by atoms with van der Waals surface area (Å²) in [5.74, 6) is 0. The summed E-state index contributed by atoms with van der Waals surface area (Å²) in [6.45, 7) is 0. The average molecular weight is 168 g/mol. The second kappa shape index (κ2) is 3.95. The number of rotatable bonds is 3. The van der Waals surface area contributed by atoms with E-state index in [1.165, 1.54) is 11.9 Å². The van der Waals surface area contributed by atoms with Gasteiger partial charge < -0.3 is 0 Å². The molecule has 0 aliphatic heterocycles. The molecule has 0 aliphatic rings. The normalized spacial score (nSPS) is 9.18. The van der Waals surface area contributed by atoms with Crippen LogP contribution in [0.3, 0.4) is 0 Å². The van der Waals surface area contributed by atoms with Crippen LogP contribution < -0.4 is 10.6 Å². The topological polar surface area (TPSA) is 74.3 Å². The van der Waals surface area contributed by atoms with E-state index in [-0.39, 0.29) is 0 Å². The van der Waals surface area contributed by atoms with E-state index in [0.29, 0.717) is 0 Å². The van der Waals surface area contributed by atoms with Gasteiger partial charge in [0.1, 0.15) is 0 Å². The molecule has 0 aromatic heterocycles. The maximum absolute atomic E-state index is 6.52. The number of benzene rings is 1. The Labute approximate surface area is 68.8 Å². The van der Waals surface area contributed by atoms with Crippen molar-refractivity contribution in [2.24, 2.45) is 10.4 Å². The molecule has 1 rings (SSSR count). The zero-order valence-corrected chi connectivity index (χ0v) is 6.56. The van der Waals surface area contributed by atoms with E-state index in [2.05, 4.69) is 10.6 Å². The van der Waals surface area contributed by atoms with Crippen molar-refractivity contribution in [2.75, 3.05) is 5.43 Å². The third-order valence-electron chi connectivity index (χ3n) is 1.18. The third kappa shape index (κ3) is 2.21. The Bertz CT molecular complexity index is 233. The molecule has 1 aromatic rings. The van der Waals surface area contributed by atoms with Crippen LogP contribution in [0.25, 0.3) is 0 Å².